The summed E-state index contributed by atoms with van der Waals surface area (Å²) in [5, 5.41) is 3.24. The van der Waals surface area contributed by atoms with Crippen LogP contribution in [0.15, 0.2) is 23.1 Å². The van der Waals surface area contributed by atoms with Gasteiger partial charge in [0.1, 0.15) is 0 Å². The van der Waals surface area contributed by atoms with Crippen LogP contribution in [0.5, 0.6) is 0 Å². The number of benzene rings is 1. The molecule has 0 aliphatic carbocycles. The zero-order valence-corrected chi connectivity index (χ0v) is 16.4. The van der Waals surface area contributed by atoms with E-state index in [1.807, 2.05) is 4.90 Å². The minimum atomic E-state index is -3.58. The fraction of sp³-hybridized carbons (Fsp3) is 0.611. The fourth-order valence-electron chi connectivity index (χ4n) is 3.51. The lowest BCUT2D eigenvalue weighted by atomic mass is 10.1. The number of nitrogens with one attached hydrogen (secondary N) is 1. The molecule has 0 saturated carbocycles. The van der Waals surface area contributed by atoms with Crippen LogP contribution < -0.4 is 10.2 Å². The second-order valence-corrected chi connectivity index (χ2v) is 9.21. The lowest BCUT2D eigenvalue weighted by molar-refractivity contribution is 0.0736. The van der Waals surface area contributed by atoms with Gasteiger partial charge in [0, 0.05) is 59.1 Å². The molecule has 26 heavy (non-hydrogen) atoms. The van der Waals surface area contributed by atoms with E-state index in [0.29, 0.717) is 18.7 Å². The first-order chi connectivity index (χ1) is 12.4. The van der Waals surface area contributed by atoms with E-state index in [1.165, 1.54) is 24.8 Å². The summed E-state index contributed by atoms with van der Waals surface area (Å²) in [7, 11) is -0.568. The highest BCUT2D eigenvalue weighted by Crippen LogP contribution is 2.29. The quantitative estimate of drug-likeness (QED) is 0.843. The number of rotatable bonds is 4. The molecule has 0 radical (unpaired) electrons. The Hall–Kier alpha value is -1.64. The summed E-state index contributed by atoms with van der Waals surface area (Å²) >= 11 is 0. The molecule has 1 N–H and O–H groups in total. The Morgan fingerprint density at radius 3 is 2.31 bits per heavy atom. The predicted molar refractivity (Wildman–Crippen MR) is 102 cm³/mol. The number of amides is 1. The van der Waals surface area contributed by atoms with Crippen LogP contribution in [0.1, 0.15) is 29.6 Å². The van der Waals surface area contributed by atoms with Gasteiger partial charge >= 0.3 is 0 Å². The van der Waals surface area contributed by atoms with Crippen LogP contribution in [-0.2, 0) is 10.0 Å². The van der Waals surface area contributed by atoms with E-state index in [-0.39, 0.29) is 10.8 Å². The highest BCUT2D eigenvalue weighted by molar-refractivity contribution is 7.89. The summed E-state index contributed by atoms with van der Waals surface area (Å²) in [5.74, 6) is -0.0807. The van der Waals surface area contributed by atoms with Crippen LogP contribution >= 0.6 is 0 Å². The van der Waals surface area contributed by atoms with Crippen molar-refractivity contribution >= 4 is 21.6 Å². The van der Waals surface area contributed by atoms with Gasteiger partial charge < -0.3 is 15.1 Å². The molecule has 7 nitrogen and oxygen atoms in total. The van der Waals surface area contributed by atoms with E-state index in [9.17, 15) is 13.2 Å². The zero-order valence-electron chi connectivity index (χ0n) is 15.6. The maximum atomic E-state index is 13.2. The molecule has 8 heteroatoms. The normalized spacial score (nSPS) is 19.0. The van der Waals surface area contributed by atoms with Gasteiger partial charge in [0.2, 0.25) is 10.0 Å². The number of carbonyl (C=O) groups is 1. The second kappa shape index (κ2) is 7.94. The van der Waals surface area contributed by atoms with Gasteiger partial charge in [-0.3, -0.25) is 4.79 Å². The number of hydrogen-bond acceptors (Lipinski definition) is 5. The van der Waals surface area contributed by atoms with Gasteiger partial charge in [-0.25, -0.2) is 12.7 Å². The first-order valence-electron chi connectivity index (χ1n) is 9.23. The van der Waals surface area contributed by atoms with Crippen LogP contribution in [0, 0.1) is 0 Å². The molecule has 0 spiro atoms. The SMILES string of the molecule is CN(C)S(=O)(=O)c1ccc(N2CCCCC2)c(C(=O)N2CCNCC2)c1. The summed E-state index contributed by atoms with van der Waals surface area (Å²) < 4.78 is 26.3. The summed E-state index contributed by atoms with van der Waals surface area (Å²) in [5.41, 5.74) is 1.35. The monoisotopic (exact) mass is 380 g/mol. The predicted octanol–water partition coefficient (Wildman–Crippen LogP) is 0.973. The topological polar surface area (TPSA) is 73.0 Å². The van der Waals surface area contributed by atoms with Crippen molar-refractivity contribution in [2.45, 2.75) is 24.2 Å². The molecule has 1 amide bonds. The molecule has 3 rings (SSSR count). The van der Waals surface area contributed by atoms with Crippen molar-refractivity contribution in [3.8, 4) is 0 Å². The van der Waals surface area contributed by atoms with Crippen LogP contribution in [-0.4, -0.2) is 76.9 Å². The van der Waals surface area contributed by atoms with Crippen LogP contribution in [0.25, 0.3) is 0 Å². The second-order valence-electron chi connectivity index (χ2n) is 7.06. The average molecular weight is 381 g/mol. The highest BCUT2D eigenvalue weighted by atomic mass is 32.2. The molecular formula is C18H28N4O3S. The molecule has 2 aliphatic heterocycles. The van der Waals surface area contributed by atoms with E-state index in [4.69, 9.17) is 0 Å². The van der Waals surface area contributed by atoms with Crippen molar-refractivity contribution < 1.29 is 13.2 Å². The Morgan fingerprint density at radius 1 is 1.04 bits per heavy atom. The summed E-state index contributed by atoms with van der Waals surface area (Å²) in [6.45, 7) is 4.62. The number of anilines is 1. The lowest BCUT2D eigenvalue weighted by Crippen LogP contribution is -2.47. The minimum Gasteiger partial charge on any atom is -0.371 e. The number of nitrogens with zero attached hydrogens (tertiary/aromatic N) is 3. The van der Waals surface area contributed by atoms with Crippen LogP contribution in [0.3, 0.4) is 0 Å². The molecule has 2 saturated heterocycles. The molecule has 0 atom stereocenters. The summed E-state index contributed by atoms with van der Waals surface area (Å²) in [6, 6.07) is 4.98. The van der Waals surface area contributed by atoms with Gasteiger partial charge in [0.15, 0.2) is 0 Å². The third kappa shape index (κ3) is 3.87. The molecule has 144 valence electrons. The van der Waals surface area contributed by atoms with E-state index in [1.54, 1.807) is 18.2 Å². The largest absolute Gasteiger partial charge is 0.371 e. The van der Waals surface area contributed by atoms with Crippen molar-refractivity contribution in [3.05, 3.63) is 23.8 Å². The maximum Gasteiger partial charge on any atom is 0.256 e. The number of piperazine rings is 1. The van der Waals surface area contributed by atoms with Crippen molar-refractivity contribution in [1.29, 1.82) is 0 Å². The van der Waals surface area contributed by atoms with Gasteiger partial charge in [0.05, 0.1) is 10.5 Å². The smallest absolute Gasteiger partial charge is 0.256 e. The van der Waals surface area contributed by atoms with Gasteiger partial charge in [-0.1, -0.05) is 0 Å². The maximum absolute atomic E-state index is 13.2. The van der Waals surface area contributed by atoms with Crippen molar-refractivity contribution in [2.75, 3.05) is 58.3 Å². The van der Waals surface area contributed by atoms with Crippen molar-refractivity contribution in [2.24, 2.45) is 0 Å². The Bertz CT molecular complexity index is 752. The number of carbonyl (C=O) groups excluding carboxylic acids is 1. The van der Waals surface area contributed by atoms with Crippen LogP contribution in [0.4, 0.5) is 5.69 Å². The van der Waals surface area contributed by atoms with Crippen molar-refractivity contribution in [3.63, 3.8) is 0 Å². The molecule has 2 aliphatic rings. The molecular weight excluding hydrogens is 352 g/mol. The van der Waals surface area contributed by atoms with Gasteiger partial charge in [-0.15, -0.1) is 0 Å². The Morgan fingerprint density at radius 2 is 1.69 bits per heavy atom. The van der Waals surface area contributed by atoms with E-state index in [2.05, 4.69) is 10.2 Å². The third-order valence-corrected chi connectivity index (χ3v) is 6.89. The van der Waals surface area contributed by atoms with E-state index in [0.717, 1.165) is 44.7 Å². The highest BCUT2D eigenvalue weighted by Gasteiger charge is 2.27. The van der Waals surface area contributed by atoms with Crippen LogP contribution in [0.2, 0.25) is 0 Å². The molecule has 0 aromatic heterocycles. The Balaban J connectivity index is 2.02. The molecule has 1 aromatic carbocycles. The molecule has 0 bridgehead atoms. The number of piperidine rings is 1. The zero-order chi connectivity index (χ0) is 18.7. The number of hydrogen-bond donors (Lipinski definition) is 1. The Labute approximate surface area is 156 Å². The van der Waals surface area contributed by atoms with Crippen molar-refractivity contribution in [1.82, 2.24) is 14.5 Å². The van der Waals surface area contributed by atoms with E-state index >= 15 is 0 Å². The standard InChI is InChI=1S/C18H28N4O3S/c1-20(2)26(24,25)15-6-7-17(21-10-4-3-5-11-21)16(14-15)18(23)22-12-8-19-9-13-22/h6-7,14,19H,3-5,8-13H2,1-2H3. The third-order valence-electron chi connectivity index (χ3n) is 5.08. The fourth-order valence-corrected chi connectivity index (χ4v) is 4.43. The first-order valence-corrected chi connectivity index (χ1v) is 10.7. The van der Waals surface area contributed by atoms with E-state index < -0.39 is 10.0 Å². The molecule has 1 aromatic rings. The average Bonchev–Trinajstić information content (AvgIpc) is 2.68. The Kier molecular flexibility index (Phi) is 5.84. The molecule has 0 unspecified atom stereocenters. The van der Waals surface area contributed by atoms with Gasteiger partial charge in [-0.2, -0.15) is 0 Å². The minimum absolute atomic E-state index is 0.0807. The first kappa shape index (κ1) is 19.1. The van der Waals surface area contributed by atoms with Gasteiger partial charge in [0.25, 0.3) is 5.91 Å². The molecule has 2 fully saturated rings. The summed E-state index contributed by atoms with van der Waals surface area (Å²) in [6.07, 6.45) is 3.39. The summed E-state index contributed by atoms with van der Waals surface area (Å²) in [4.78, 5) is 17.4. The number of sulfonamides is 1. The lowest BCUT2D eigenvalue weighted by Gasteiger charge is -2.33. The van der Waals surface area contributed by atoms with Gasteiger partial charge in [-0.05, 0) is 37.5 Å². The molecule has 2 heterocycles.